The highest BCUT2D eigenvalue weighted by Crippen LogP contribution is 2.30. The molecule has 0 bridgehead atoms. The zero-order valence-corrected chi connectivity index (χ0v) is 18.6. The Bertz CT molecular complexity index is 1300. The maximum absolute atomic E-state index is 13.3. The van der Waals surface area contributed by atoms with E-state index in [0.29, 0.717) is 50.0 Å². The van der Waals surface area contributed by atoms with Crippen LogP contribution in [0.2, 0.25) is 0 Å². The van der Waals surface area contributed by atoms with Crippen molar-refractivity contribution in [2.24, 2.45) is 0 Å². The van der Waals surface area contributed by atoms with Crippen LogP contribution in [0.1, 0.15) is 27.3 Å². The van der Waals surface area contributed by atoms with Gasteiger partial charge >= 0.3 is 0 Å². The van der Waals surface area contributed by atoms with Crippen molar-refractivity contribution in [3.63, 3.8) is 0 Å². The average molecular weight is 444 g/mol. The van der Waals surface area contributed by atoms with Gasteiger partial charge in [0.1, 0.15) is 6.61 Å². The number of methoxy groups -OCH3 is 1. The van der Waals surface area contributed by atoms with Crippen LogP contribution in [-0.2, 0) is 17.7 Å². The van der Waals surface area contributed by atoms with Crippen molar-refractivity contribution in [2.45, 2.75) is 19.9 Å². The third kappa shape index (κ3) is 4.14. The van der Waals surface area contributed by atoms with Crippen molar-refractivity contribution in [3.8, 4) is 17.3 Å². The summed E-state index contributed by atoms with van der Waals surface area (Å²) >= 11 is 0. The number of aryl methyl sites for hydroxylation is 1. The van der Waals surface area contributed by atoms with E-state index in [1.807, 2.05) is 43.5 Å². The first-order valence-electron chi connectivity index (χ1n) is 10.8. The van der Waals surface area contributed by atoms with E-state index in [4.69, 9.17) is 14.5 Å². The normalized spacial score (nSPS) is 13.2. The van der Waals surface area contributed by atoms with Gasteiger partial charge in [0, 0.05) is 43.7 Å². The predicted octanol–water partition coefficient (Wildman–Crippen LogP) is 2.72. The highest BCUT2D eigenvalue weighted by Gasteiger charge is 2.28. The monoisotopic (exact) mass is 444 g/mol. The lowest BCUT2D eigenvalue weighted by molar-refractivity contribution is 0.0731. The summed E-state index contributed by atoms with van der Waals surface area (Å²) in [5.41, 5.74) is 4.82. The molecule has 5 rings (SSSR count). The van der Waals surface area contributed by atoms with Gasteiger partial charge in [0.2, 0.25) is 5.88 Å². The van der Waals surface area contributed by atoms with E-state index in [9.17, 15) is 4.79 Å². The SMILES string of the molecule is COCCOc1nc(-c2ccc(C)nc2)nc2c1CN(C(=O)c1cnn3ccccc13)CC2. The van der Waals surface area contributed by atoms with Crippen LogP contribution in [0.3, 0.4) is 0 Å². The number of fused-ring (bicyclic) bond motifs is 2. The Morgan fingerprint density at radius 3 is 2.85 bits per heavy atom. The third-order valence-electron chi connectivity index (χ3n) is 5.66. The predicted molar refractivity (Wildman–Crippen MR) is 121 cm³/mol. The van der Waals surface area contributed by atoms with Gasteiger partial charge in [-0.3, -0.25) is 9.78 Å². The van der Waals surface area contributed by atoms with Gasteiger partial charge in [-0.25, -0.2) is 9.50 Å². The Hall–Kier alpha value is -3.85. The van der Waals surface area contributed by atoms with Crippen LogP contribution < -0.4 is 4.74 Å². The average Bonchev–Trinajstić information content (AvgIpc) is 3.28. The first-order chi connectivity index (χ1) is 16.1. The molecular weight excluding hydrogens is 420 g/mol. The maximum atomic E-state index is 13.3. The number of rotatable bonds is 6. The number of aromatic nitrogens is 5. The summed E-state index contributed by atoms with van der Waals surface area (Å²) in [7, 11) is 1.62. The van der Waals surface area contributed by atoms with E-state index < -0.39 is 0 Å². The molecule has 1 aliphatic rings. The lowest BCUT2D eigenvalue weighted by Gasteiger charge is -2.29. The van der Waals surface area contributed by atoms with E-state index in [-0.39, 0.29) is 5.91 Å². The molecule has 9 heteroatoms. The molecular formula is C24H24N6O3. The van der Waals surface area contributed by atoms with Crippen molar-refractivity contribution >= 4 is 11.4 Å². The lowest BCUT2D eigenvalue weighted by Crippen LogP contribution is -2.37. The van der Waals surface area contributed by atoms with Gasteiger partial charge in [-0.05, 0) is 31.2 Å². The van der Waals surface area contributed by atoms with Gasteiger partial charge in [0.25, 0.3) is 5.91 Å². The van der Waals surface area contributed by atoms with Crippen LogP contribution in [0.15, 0.2) is 48.9 Å². The summed E-state index contributed by atoms with van der Waals surface area (Å²) in [6, 6.07) is 9.55. The fourth-order valence-electron chi connectivity index (χ4n) is 3.90. The molecule has 0 fully saturated rings. The molecule has 5 heterocycles. The van der Waals surface area contributed by atoms with Crippen molar-refractivity contribution in [1.82, 2.24) is 29.5 Å². The minimum atomic E-state index is -0.0727. The Balaban J connectivity index is 1.47. The molecule has 1 aliphatic heterocycles. The minimum absolute atomic E-state index is 0.0727. The molecule has 0 radical (unpaired) electrons. The minimum Gasteiger partial charge on any atom is -0.475 e. The van der Waals surface area contributed by atoms with Gasteiger partial charge in [0.15, 0.2) is 5.82 Å². The van der Waals surface area contributed by atoms with E-state index in [1.165, 1.54) is 0 Å². The standard InChI is InChI=1S/C24H24N6O3/c1-16-6-7-17(13-25-16)22-27-20-8-10-29(15-19(20)23(28-22)33-12-11-32-2)24(31)18-14-26-30-9-4-3-5-21(18)30/h3-7,9,13-14H,8,10-12,15H2,1-2H3. The molecule has 0 spiro atoms. The first-order valence-corrected chi connectivity index (χ1v) is 10.8. The van der Waals surface area contributed by atoms with E-state index in [0.717, 1.165) is 28.0 Å². The van der Waals surface area contributed by atoms with Gasteiger partial charge < -0.3 is 14.4 Å². The van der Waals surface area contributed by atoms with Crippen molar-refractivity contribution in [2.75, 3.05) is 26.9 Å². The summed E-state index contributed by atoms with van der Waals surface area (Å²) in [5, 5.41) is 4.30. The van der Waals surface area contributed by atoms with Crippen molar-refractivity contribution < 1.29 is 14.3 Å². The van der Waals surface area contributed by atoms with Crippen molar-refractivity contribution in [1.29, 1.82) is 0 Å². The second-order valence-electron chi connectivity index (χ2n) is 7.87. The number of amides is 1. The highest BCUT2D eigenvalue weighted by molar-refractivity contribution is 6.00. The number of ether oxygens (including phenoxy) is 2. The molecule has 9 nitrogen and oxygen atoms in total. The largest absolute Gasteiger partial charge is 0.475 e. The van der Waals surface area contributed by atoms with Crippen LogP contribution in [0.4, 0.5) is 0 Å². The van der Waals surface area contributed by atoms with Gasteiger partial charge in [-0.1, -0.05) is 6.07 Å². The second kappa shape index (κ2) is 8.95. The summed E-state index contributed by atoms with van der Waals surface area (Å²) in [6.07, 6.45) is 5.82. The molecule has 168 valence electrons. The van der Waals surface area contributed by atoms with Crippen LogP contribution in [-0.4, -0.2) is 62.2 Å². The topological polar surface area (TPSA) is 94.7 Å². The van der Waals surface area contributed by atoms with E-state index >= 15 is 0 Å². The maximum Gasteiger partial charge on any atom is 0.258 e. The molecule has 0 saturated carbocycles. The molecule has 33 heavy (non-hydrogen) atoms. The summed E-state index contributed by atoms with van der Waals surface area (Å²) < 4.78 is 12.8. The summed E-state index contributed by atoms with van der Waals surface area (Å²) in [6.45, 7) is 3.65. The molecule has 0 N–H and O–H groups in total. The molecule has 1 amide bonds. The number of nitrogens with zero attached hydrogens (tertiary/aromatic N) is 6. The highest BCUT2D eigenvalue weighted by atomic mass is 16.5. The fraction of sp³-hybridized carbons (Fsp3) is 0.292. The number of carbonyl (C=O) groups is 1. The van der Waals surface area contributed by atoms with E-state index in [2.05, 4.69) is 15.1 Å². The fourth-order valence-corrected chi connectivity index (χ4v) is 3.90. The number of hydrogen-bond acceptors (Lipinski definition) is 7. The van der Waals surface area contributed by atoms with Crippen LogP contribution in [0.25, 0.3) is 16.9 Å². The zero-order valence-electron chi connectivity index (χ0n) is 18.6. The number of pyridine rings is 2. The van der Waals surface area contributed by atoms with Gasteiger partial charge in [-0.2, -0.15) is 10.1 Å². The Kier molecular flexibility index (Phi) is 5.70. The molecule has 0 aliphatic carbocycles. The Morgan fingerprint density at radius 1 is 1.12 bits per heavy atom. The molecule has 0 aromatic carbocycles. The second-order valence-corrected chi connectivity index (χ2v) is 7.87. The molecule has 0 unspecified atom stereocenters. The van der Waals surface area contributed by atoms with Crippen LogP contribution in [0.5, 0.6) is 5.88 Å². The van der Waals surface area contributed by atoms with Gasteiger partial charge in [0.05, 0.1) is 41.7 Å². The first kappa shape index (κ1) is 21.0. The molecule has 4 aromatic heterocycles. The Morgan fingerprint density at radius 2 is 2.03 bits per heavy atom. The number of carbonyl (C=O) groups excluding carboxylic acids is 1. The molecule has 0 atom stereocenters. The zero-order chi connectivity index (χ0) is 22.8. The van der Waals surface area contributed by atoms with Crippen LogP contribution >= 0.6 is 0 Å². The number of hydrogen-bond donors (Lipinski definition) is 0. The Labute approximate surface area is 191 Å². The summed E-state index contributed by atoms with van der Waals surface area (Å²) in [4.78, 5) is 29.0. The van der Waals surface area contributed by atoms with Crippen LogP contribution in [0, 0.1) is 6.92 Å². The smallest absolute Gasteiger partial charge is 0.258 e. The lowest BCUT2D eigenvalue weighted by atomic mass is 10.0. The molecule has 0 saturated heterocycles. The van der Waals surface area contributed by atoms with Gasteiger partial charge in [-0.15, -0.1) is 0 Å². The quantitative estimate of drug-likeness (QED) is 0.422. The molecule has 4 aromatic rings. The third-order valence-corrected chi connectivity index (χ3v) is 5.66. The summed E-state index contributed by atoms with van der Waals surface area (Å²) in [5.74, 6) is 0.970. The van der Waals surface area contributed by atoms with E-state index in [1.54, 1.807) is 28.9 Å². The van der Waals surface area contributed by atoms with Crippen molar-refractivity contribution in [3.05, 3.63) is 71.4 Å².